The summed E-state index contributed by atoms with van der Waals surface area (Å²) in [6, 6.07) is 13.2. The fourth-order valence-electron chi connectivity index (χ4n) is 5.63. The fraction of sp³-hybridized carbons (Fsp3) is 0.474. The number of nitrogens with zero attached hydrogens (tertiary/aromatic N) is 3. The number of hydrogen-bond donors (Lipinski definition) is 3. The Morgan fingerprint density at radius 1 is 0.745 bits per heavy atom. The van der Waals surface area contributed by atoms with E-state index in [-0.39, 0.29) is 35.9 Å². The Bertz CT molecular complexity index is 1770. The first-order chi connectivity index (χ1) is 24.1. The third-order valence-electron chi connectivity index (χ3n) is 7.96. The lowest BCUT2D eigenvalue weighted by Crippen LogP contribution is -2.46. The highest BCUT2D eigenvalue weighted by atomic mass is 35.5. The molecule has 4 heterocycles. The Balaban J connectivity index is 0.000000189. The number of carbonyl (C=O) groups excluding carboxylic acids is 2. The maximum Gasteiger partial charge on any atom is 0.407 e. The van der Waals surface area contributed by atoms with Crippen molar-refractivity contribution in [3.05, 3.63) is 77.7 Å². The van der Waals surface area contributed by atoms with Crippen molar-refractivity contribution in [3.63, 3.8) is 0 Å². The van der Waals surface area contributed by atoms with Crippen LogP contribution >= 0.6 is 11.6 Å². The molecule has 0 saturated carbocycles. The molecule has 13 heteroatoms. The number of aromatic nitrogens is 2. The van der Waals surface area contributed by atoms with E-state index in [2.05, 4.69) is 30.8 Å². The van der Waals surface area contributed by atoms with E-state index < -0.39 is 11.2 Å². The van der Waals surface area contributed by atoms with Gasteiger partial charge in [-0.2, -0.15) is 0 Å². The van der Waals surface area contributed by atoms with Gasteiger partial charge in [0, 0.05) is 48.3 Å². The van der Waals surface area contributed by atoms with E-state index in [1.807, 2.05) is 47.6 Å². The minimum atomic E-state index is -0.498. The normalized spacial score (nSPS) is 15.6. The number of amides is 2. The molecular weight excluding hydrogens is 678 g/mol. The number of fused-ring (bicyclic) bond motifs is 2. The standard InChI is InChI=1S/C19H24FN3O2.C10H20N2O2.C9H5ClFN/c1-19(2,3)25-18(24)22-15-7-10-23(11-8-15)17-16-12-14(20)5-4-13(16)6-9-21-17;1-10(2,3)14-9(13)12-8-4-6-11-7-5-8;10-9-8-5-7(11)2-1-6(8)3-4-12-9/h4-6,9,12,15H,7-8,10-11H2,1-3H3,(H,22,24);8,11H,4-7H2,1-3H3,(H,12,13);1-5H. The number of nitrogens with one attached hydrogen (secondary N) is 3. The molecule has 0 unspecified atom stereocenters. The Morgan fingerprint density at radius 3 is 1.75 bits per heavy atom. The largest absolute Gasteiger partial charge is 0.444 e. The summed E-state index contributed by atoms with van der Waals surface area (Å²) < 4.78 is 36.8. The molecular formula is C38H49ClF2N6O4. The maximum absolute atomic E-state index is 13.6. The summed E-state index contributed by atoms with van der Waals surface area (Å²) in [6.45, 7) is 14.6. The van der Waals surface area contributed by atoms with E-state index in [0.717, 1.165) is 73.8 Å². The topological polar surface area (TPSA) is 118 Å². The van der Waals surface area contributed by atoms with Crippen LogP contribution in [0.1, 0.15) is 67.2 Å². The maximum atomic E-state index is 13.6. The molecule has 0 spiro atoms. The molecule has 6 rings (SSSR count). The molecule has 2 fully saturated rings. The zero-order valence-corrected chi connectivity index (χ0v) is 30.9. The smallest absolute Gasteiger partial charge is 0.407 e. The summed E-state index contributed by atoms with van der Waals surface area (Å²) in [7, 11) is 0. The van der Waals surface area contributed by atoms with Crippen molar-refractivity contribution in [2.24, 2.45) is 0 Å². The number of rotatable bonds is 3. The van der Waals surface area contributed by atoms with Crippen LogP contribution in [0.5, 0.6) is 0 Å². The van der Waals surface area contributed by atoms with Crippen LogP contribution in [0.2, 0.25) is 5.15 Å². The average molecular weight is 727 g/mol. The molecule has 51 heavy (non-hydrogen) atoms. The number of anilines is 1. The predicted molar refractivity (Wildman–Crippen MR) is 198 cm³/mol. The highest BCUT2D eigenvalue weighted by Gasteiger charge is 2.25. The fourth-order valence-corrected chi connectivity index (χ4v) is 5.85. The van der Waals surface area contributed by atoms with Crippen LogP contribution in [0.3, 0.4) is 0 Å². The van der Waals surface area contributed by atoms with Gasteiger partial charge in [-0.15, -0.1) is 0 Å². The summed E-state index contributed by atoms with van der Waals surface area (Å²) in [5.41, 5.74) is -0.904. The minimum Gasteiger partial charge on any atom is -0.444 e. The first-order valence-corrected chi connectivity index (χ1v) is 17.6. The van der Waals surface area contributed by atoms with Gasteiger partial charge < -0.3 is 30.3 Å². The molecule has 276 valence electrons. The van der Waals surface area contributed by atoms with Crippen LogP contribution in [-0.2, 0) is 9.47 Å². The van der Waals surface area contributed by atoms with Gasteiger partial charge in [0.2, 0.25) is 0 Å². The third-order valence-corrected chi connectivity index (χ3v) is 8.26. The van der Waals surface area contributed by atoms with Crippen LogP contribution in [0.15, 0.2) is 60.9 Å². The van der Waals surface area contributed by atoms with E-state index in [1.54, 1.807) is 30.6 Å². The molecule has 0 radical (unpaired) electrons. The summed E-state index contributed by atoms with van der Waals surface area (Å²) in [6.07, 6.45) is 6.24. The molecule has 10 nitrogen and oxygen atoms in total. The monoisotopic (exact) mass is 726 g/mol. The second kappa shape index (κ2) is 17.8. The summed E-state index contributed by atoms with van der Waals surface area (Å²) in [4.78, 5) is 33.7. The number of benzene rings is 2. The van der Waals surface area contributed by atoms with Gasteiger partial charge in [0.15, 0.2) is 0 Å². The number of hydrogen-bond acceptors (Lipinski definition) is 8. The quantitative estimate of drug-likeness (QED) is 0.181. The van der Waals surface area contributed by atoms with Crippen molar-refractivity contribution in [2.45, 2.75) is 90.5 Å². The van der Waals surface area contributed by atoms with E-state index >= 15 is 0 Å². The molecule has 3 N–H and O–H groups in total. The molecule has 2 saturated heterocycles. The van der Waals surface area contributed by atoms with Gasteiger partial charge in [0.25, 0.3) is 0 Å². The number of halogens is 3. The molecule has 4 aromatic rings. The lowest BCUT2D eigenvalue weighted by Gasteiger charge is -2.34. The predicted octanol–water partition coefficient (Wildman–Crippen LogP) is 8.16. The molecule has 2 aromatic carbocycles. The zero-order chi connectivity index (χ0) is 37.2. The van der Waals surface area contributed by atoms with Crippen molar-refractivity contribution >= 4 is 51.2 Å². The van der Waals surface area contributed by atoms with E-state index in [4.69, 9.17) is 21.1 Å². The first-order valence-electron chi connectivity index (χ1n) is 17.2. The molecule has 0 bridgehead atoms. The average Bonchev–Trinajstić information content (AvgIpc) is 3.05. The lowest BCUT2D eigenvalue weighted by molar-refractivity contribution is 0.0484. The van der Waals surface area contributed by atoms with E-state index in [9.17, 15) is 18.4 Å². The summed E-state index contributed by atoms with van der Waals surface area (Å²) in [5, 5.41) is 12.7. The van der Waals surface area contributed by atoms with Crippen LogP contribution < -0.4 is 20.9 Å². The zero-order valence-electron chi connectivity index (χ0n) is 30.2. The van der Waals surface area contributed by atoms with Crippen LogP contribution in [0.4, 0.5) is 24.2 Å². The Hall–Kier alpha value is -4.29. The first kappa shape index (κ1) is 39.5. The molecule has 2 aliphatic heterocycles. The number of pyridine rings is 2. The molecule has 2 aliphatic rings. The highest BCUT2D eigenvalue weighted by Crippen LogP contribution is 2.28. The van der Waals surface area contributed by atoms with Crippen LogP contribution in [-0.4, -0.2) is 71.6 Å². The van der Waals surface area contributed by atoms with E-state index in [0.29, 0.717) is 10.5 Å². The number of alkyl carbamates (subject to hydrolysis) is 2. The van der Waals surface area contributed by atoms with Gasteiger partial charge in [-0.1, -0.05) is 23.7 Å². The van der Waals surface area contributed by atoms with Crippen molar-refractivity contribution in [3.8, 4) is 0 Å². The Kier molecular flexibility index (Phi) is 13.8. The van der Waals surface area contributed by atoms with Crippen molar-refractivity contribution < 1.29 is 27.8 Å². The summed E-state index contributed by atoms with van der Waals surface area (Å²) >= 11 is 5.75. The molecule has 2 aromatic heterocycles. The minimum absolute atomic E-state index is 0.0813. The second-order valence-electron chi connectivity index (χ2n) is 14.5. The van der Waals surface area contributed by atoms with Crippen molar-refractivity contribution in [1.82, 2.24) is 25.9 Å². The third kappa shape index (κ3) is 13.1. The van der Waals surface area contributed by atoms with Gasteiger partial charge >= 0.3 is 12.2 Å². The highest BCUT2D eigenvalue weighted by molar-refractivity contribution is 6.34. The van der Waals surface area contributed by atoms with E-state index in [1.165, 1.54) is 24.3 Å². The van der Waals surface area contributed by atoms with Gasteiger partial charge in [0.1, 0.15) is 33.8 Å². The molecule has 2 amide bonds. The van der Waals surface area contributed by atoms with Gasteiger partial charge in [0.05, 0.1) is 0 Å². The number of ether oxygens (including phenoxy) is 2. The van der Waals surface area contributed by atoms with Gasteiger partial charge in [-0.25, -0.2) is 28.3 Å². The SMILES string of the molecule is CC(C)(C)OC(=O)NC1CCN(c2nccc3ccc(F)cc23)CC1.CC(C)(C)OC(=O)NC1CCNCC1.Fc1ccc2ccnc(Cl)c2c1. The van der Waals surface area contributed by atoms with Crippen molar-refractivity contribution in [2.75, 3.05) is 31.1 Å². The molecule has 0 atom stereocenters. The van der Waals surface area contributed by atoms with Gasteiger partial charge in [-0.05, 0) is 127 Å². The second-order valence-corrected chi connectivity index (χ2v) is 14.9. The lowest BCUT2D eigenvalue weighted by atomic mass is 10.0. The number of piperidine rings is 2. The summed E-state index contributed by atoms with van der Waals surface area (Å²) in [5.74, 6) is 0.244. The van der Waals surface area contributed by atoms with Crippen molar-refractivity contribution in [1.29, 1.82) is 0 Å². The molecule has 0 aliphatic carbocycles. The van der Waals surface area contributed by atoms with Crippen LogP contribution in [0, 0.1) is 11.6 Å². The van der Waals surface area contributed by atoms with Crippen LogP contribution in [0.25, 0.3) is 21.5 Å². The Morgan fingerprint density at radius 2 is 1.22 bits per heavy atom. The number of carbonyl (C=O) groups is 2. The Labute approximate surface area is 303 Å². The van der Waals surface area contributed by atoms with Gasteiger partial charge in [-0.3, -0.25) is 0 Å².